The quantitative estimate of drug-likeness (QED) is 0.849. The monoisotopic (exact) mass is 313 g/mol. The van der Waals surface area contributed by atoms with E-state index in [-0.39, 0.29) is 0 Å². The average molecular weight is 314 g/mol. The van der Waals surface area contributed by atoms with Crippen LogP contribution in [0.25, 0.3) is 0 Å². The van der Waals surface area contributed by atoms with Gasteiger partial charge < -0.3 is 15.0 Å². The van der Waals surface area contributed by atoms with Crippen molar-refractivity contribution in [2.45, 2.75) is 0 Å². The normalized spacial score (nSPS) is 14.9. The van der Waals surface area contributed by atoms with Gasteiger partial charge in [0.05, 0.1) is 28.9 Å². The number of aliphatic imine (C=N–C) groups is 1. The van der Waals surface area contributed by atoms with Crippen molar-refractivity contribution in [3.63, 3.8) is 0 Å². The van der Waals surface area contributed by atoms with E-state index in [9.17, 15) is 0 Å². The summed E-state index contributed by atoms with van der Waals surface area (Å²) in [6.45, 7) is 2.79. The highest BCUT2D eigenvalue weighted by molar-refractivity contribution is 6.40. The summed E-state index contributed by atoms with van der Waals surface area (Å²) in [6, 6.07) is 5.50. The number of nitrogens with one attached hydrogen (secondary N) is 1. The lowest BCUT2D eigenvalue weighted by atomic mass is 10.3. The number of hydrogen-bond acceptors (Lipinski definition) is 4. The summed E-state index contributed by atoms with van der Waals surface area (Å²) in [7, 11) is 1.67. The molecule has 0 fully saturated rings. The van der Waals surface area contributed by atoms with E-state index in [4.69, 9.17) is 27.9 Å². The zero-order valence-electron chi connectivity index (χ0n) is 11.3. The Morgan fingerprint density at radius 3 is 2.80 bits per heavy atom. The Labute approximate surface area is 129 Å². The highest BCUT2D eigenvalue weighted by Crippen LogP contribution is 2.34. The van der Waals surface area contributed by atoms with Crippen LogP contribution >= 0.6 is 23.2 Å². The van der Waals surface area contributed by atoms with Gasteiger partial charge in [-0.3, -0.25) is 4.99 Å². The molecule has 0 aliphatic carbocycles. The van der Waals surface area contributed by atoms with Crippen molar-refractivity contribution in [3.8, 4) is 0 Å². The Kier molecular flexibility index (Phi) is 5.71. The van der Waals surface area contributed by atoms with Crippen LogP contribution in [-0.2, 0) is 4.74 Å². The summed E-state index contributed by atoms with van der Waals surface area (Å²) >= 11 is 12.5. The second-order valence-electron chi connectivity index (χ2n) is 4.23. The van der Waals surface area contributed by atoms with Gasteiger partial charge in [0.15, 0.2) is 5.96 Å². The number of halogens is 2. The van der Waals surface area contributed by atoms with E-state index in [0.29, 0.717) is 23.2 Å². The predicted octanol–water partition coefficient (Wildman–Crippen LogP) is 2.96. The van der Waals surface area contributed by atoms with Crippen molar-refractivity contribution < 1.29 is 4.74 Å². The molecule has 0 aromatic heterocycles. The number of anilines is 1. The van der Waals surface area contributed by atoms with Crippen LogP contribution in [0.4, 0.5) is 5.69 Å². The maximum Gasteiger partial charge on any atom is 0.198 e. The van der Waals surface area contributed by atoms with Crippen LogP contribution in [0.15, 0.2) is 35.3 Å². The molecule has 0 unspecified atom stereocenters. The van der Waals surface area contributed by atoms with Gasteiger partial charge in [-0.1, -0.05) is 41.4 Å². The fraction of sp³-hybridized carbons (Fsp3) is 0.357. The molecule has 108 valence electrons. The molecule has 0 spiro atoms. The molecule has 0 saturated heterocycles. The fourth-order valence-electron chi connectivity index (χ4n) is 1.96. The van der Waals surface area contributed by atoms with E-state index in [1.54, 1.807) is 7.11 Å². The summed E-state index contributed by atoms with van der Waals surface area (Å²) in [4.78, 5) is 6.45. The molecule has 1 aromatic rings. The van der Waals surface area contributed by atoms with Gasteiger partial charge in [-0.2, -0.15) is 0 Å². The van der Waals surface area contributed by atoms with Gasteiger partial charge in [0.1, 0.15) is 0 Å². The second kappa shape index (κ2) is 7.53. The largest absolute Gasteiger partial charge is 0.381 e. The Hall–Kier alpha value is -1.23. The molecular formula is C14H17Cl2N3O. The second-order valence-corrected chi connectivity index (χ2v) is 5.05. The van der Waals surface area contributed by atoms with E-state index >= 15 is 0 Å². The molecule has 0 atom stereocenters. The zero-order chi connectivity index (χ0) is 14.4. The maximum atomic E-state index is 6.24. The number of guanidine groups is 1. The number of methoxy groups -OCH3 is 1. The predicted molar refractivity (Wildman–Crippen MR) is 85.1 cm³/mol. The summed E-state index contributed by atoms with van der Waals surface area (Å²) in [5, 5.41) is 4.52. The first kappa shape index (κ1) is 15.2. The molecule has 1 N–H and O–H groups in total. The van der Waals surface area contributed by atoms with Crippen molar-refractivity contribution in [2.75, 3.05) is 38.3 Å². The number of rotatable bonds is 5. The van der Waals surface area contributed by atoms with Gasteiger partial charge in [-0.05, 0) is 12.1 Å². The topological polar surface area (TPSA) is 36.9 Å². The molecule has 0 bridgehead atoms. The Morgan fingerprint density at radius 2 is 2.10 bits per heavy atom. The first-order valence-corrected chi connectivity index (χ1v) is 7.13. The van der Waals surface area contributed by atoms with Gasteiger partial charge in [0.25, 0.3) is 0 Å². The molecule has 1 aromatic carbocycles. The van der Waals surface area contributed by atoms with Gasteiger partial charge >= 0.3 is 0 Å². The minimum Gasteiger partial charge on any atom is -0.381 e. The minimum absolute atomic E-state index is 0.605. The third-order valence-electron chi connectivity index (χ3n) is 2.86. The lowest BCUT2D eigenvalue weighted by molar-refractivity contribution is 0.233. The van der Waals surface area contributed by atoms with Gasteiger partial charge in [-0.25, -0.2) is 0 Å². The molecule has 1 aliphatic heterocycles. The van der Waals surface area contributed by atoms with Crippen molar-refractivity contribution in [1.82, 2.24) is 5.32 Å². The molecule has 6 heteroatoms. The van der Waals surface area contributed by atoms with Crippen molar-refractivity contribution in [2.24, 2.45) is 4.99 Å². The Balaban J connectivity index is 2.04. The van der Waals surface area contributed by atoms with Crippen LogP contribution in [0.2, 0.25) is 10.0 Å². The van der Waals surface area contributed by atoms with E-state index < -0.39 is 0 Å². The summed E-state index contributed by atoms with van der Waals surface area (Å²) in [5.41, 5.74) is 0.806. The molecule has 0 saturated carbocycles. The number of para-hydroxylation sites is 1. The van der Waals surface area contributed by atoms with Crippen LogP contribution in [0.3, 0.4) is 0 Å². The van der Waals surface area contributed by atoms with Crippen molar-refractivity contribution in [1.29, 1.82) is 0 Å². The van der Waals surface area contributed by atoms with Crippen LogP contribution < -0.4 is 10.2 Å². The third-order valence-corrected chi connectivity index (χ3v) is 3.47. The van der Waals surface area contributed by atoms with Crippen molar-refractivity contribution >= 4 is 34.8 Å². The molecule has 20 heavy (non-hydrogen) atoms. The molecule has 0 radical (unpaired) electrons. The SMILES string of the molecule is COC/C=C/CNC1=NCCN1c1c(Cl)cccc1Cl. The summed E-state index contributed by atoms with van der Waals surface area (Å²) in [6.07, 6.45) is 3.95. The molecular weight excluding hydrogens is 297 g/mol. The van der Waals surface area contributed by atoms with Gasteiger partial charge in [-0.15, -0.1) is 0 Å². The van der Waals surface area contributed by atoms with Crippen LogP contribution in [0.5, 0.6) is 0 Å². The van der Waals surface area contributed by atoms with Gasteiger partial charge in [0.2, 0.25) is 0 Å². The molecule has 0 amide bonds. The molecule has 4 nitrogen and oxygen atoms in total. The van der Waals surface area contributed by atoms with E-state index in [1.807, 2.05) is 35.3 Å². The highest BCUT2D eigenvalue weighted by Gasteiger charge is 2.22. The lowest BCUT2D eigenvalue weighted by Gasteiger charge is -2.23. The van der Waals surface area contributed by atoms with Crippen LogP contribution in [0, 0.1) is 0 Å². The summed E-state index contributed by atoms with van der Waals surface area (Å²) in [5.74, 6) is 0.794. The van der Waals surface area contributed by atoms with Gasteiger partial charge in [0, 0.05) is 20.2 Å². The summed E-state index contributed by atoms with van der Waals surface area (Å²) < 4.78 is 4.95. The van der Waals surface area contributed by atoms with E-state index in [1.165, 1.54) is 0 Å². The molecule has 2 rings (SSSR count). The number of hydrogen-bond donors (Lipinski definition) is 1. The smallest absolute Gasteiger partial charge is 0.198 e. The minimum atomic E-state index is 0.605. The lowest BCUT2D eigenvalue weighted by Crippen LogP contribution is -2.38. The number of nitrogens with zero attached hydrogens (tertiary/aromatic N) is 2. The maximum absolute atomic E-state index is 6.24. The fourth-order valence-corrected chi connectivity index (χ4v) is 2.56. The Morgan fingerprint density at radius 1 is 1.35 bits per heavy atom. The molecule has 1 aliphatic rings. The molecule has 1 heterocycles. The standard InChI is InChI=1S/C14H17Cl2N3O/c1-20-10-3-2-7-17-14-18-8-9-19(14)13-11(15)5-4-6-12(13)16/h2-6H,7-10H2,1H3,(H,17,18)/b3-2+. The van der Waals surface area contributed by atoms with Crippen LogP contribution in [-0.4, -0.2) is 39.3 Å². The highest BCUT2D eigenvalue weighted by atomic mass is 35.5. The number of benzene rings is 1. The third kappa shape index (κ3) is 3.66. The first-order valence-electron chi connectivity index (χ1n) is 6.38. The van der Waals surface area contributed by atoms with Crippen molar-refractivity contribution in [3.05, 3.63) is 40.4 Å². The van der Waals surface area contributed by atoms with E-state index in [0.717, 1.165) is 24.7 Å². The van der Waals surface area contributed by atoms with E-state index in [2.05, 4.69) is 10.3 Å². The Bertz CT molecular complexity index is 497. The zero-order valence-corrected chi connectivity index (χ0v) is 12.8. The first-order chi connectivity index (χ1) is 9.74. The number of ether oxygens (including phenoxy) is 1. The average Bonchev–Trinajstić information content (AvgIpc) is 2.87. The van der Waals surface area contributed by atoms with Crippen LogP contribution in [0.1, 0.15) is 0 Å².